The monoisotopic (exact) mass is 530 g/mol. The largest absolute Gasteiger partial charge is 0.444 e. The van der Waals surface area contributed by atoms with Crippen molar-refractivity contribution >= 4 is 12.0 Å². The normalized spacial score (nSPS) is 18.9. The van der Waals surface area contributed by atoms with Crippen LogP contribution < -0.4 is 5.32 Å². The molecule has 0 bridgehead atoms. The van der Waals surface area contributed by atoms with Crippen molar-refractivity contribution in [2.24, 2.45) is 0 Å². The molecule has 0 aliphatic carbocycles. The highest BCUT2D eigenvalue weighted by Crippen LogP contribution is 2.37. The van der Waals surface area contributed by atoms with Crippen LogP contribution in [0, 0.1) is 6.92 Å². The lowest BCUT2D eigenvalue weighted by Crippen LogP contribution is -2.52. The van der Waals surface area contributed by atoms with Gasteiger partial charge in [-0.15, -0.1) is 0 Å². The summed E-state index contributed by atoms with van der Waals surface area (Å²) in [5.74, 6) is -1.54. The summed E-state index contributed by atoms with van der Waals surface area (Å²) in [6, 6.07) is 7.36. The Bertz CT molecular complexity index is 1120. The van der Waals surface area contributed by atoms with Gasteiger partial charge in [-0.2, -0.15) is 26.3 Å². The highest BCUT2D eigenvalue weighted by Gasteiger charge is 2.39. The van der Waals surface area contributed by atoms with Gasteiger partial charge in [0.25, 0.3) is 5.91 Å². The molecule has 11 heteroatoms. The molecule has 1 aliphatic rings. The van der Waals surface area contributed by atoms with Crippen LogP contribution in [-0.2, 0) is 17.1 Å². The van der Waals surface area contributed by atoms with E-state index in [0.717, 1.165) is 11.1 Å². The number of hydrogen-bond donors (Lipinski definition) is 1. The van der Waals surface area contributed by atoms with Crippen molar-refractivity contribution in [3.63, 3.8) is 0 Å². The number of alkyl halides is 6. The number of halogens is 6. The first-order valence-electron chi connectivity index (χ1n) is 11.6. The van der Waals surface area contributed by atoms with Crippen molar-refractivity contribution in [1.29, 1.82) is 0 Å². The number of carbonyl (C=O) groups is 2. The van der Waals surface area contributed by atoms with Crippen LogP contribution in [0.15, 0.2) is 42.5 Å². The average molecular weight is 531 g/mol. The number of ether oxygens (including phenoxy) is 1. The number of aryl methyl sites for hydroxylation is 1. The number of nitrogens with one attached hydrogen (secondary N) is 1. The number of rotatable bonds is 3. The molecule has 2 aromatic carbocycles. The van der Waals surface area contributed by atoms with Crippen molar-refractivity contribution in [1.82, 2.24) is 10.2 Å². The van der Waals surface area contributed by atoms with Gasteiger partial charge in [0, 0.05) is 30.6 Å². The maximum atomic E-state index is 13.3. The van der Waals surface area contributed by atoms with E-state index in [9.17, 15) is 35.9 Å². The molecule has 0 unspecified atom stereocenters. The molecule has 37 heavy (non-hydrogen) atoms. The summed E-state index contributed by atoms with van der Waals surface area (Å²) in [6.45, 7) is 7.33. The molecular weight excluding hydrogens is 502 g/mol. The number of carbonyl (C=O) groups excluding carboxylic acids is 2. The molecule has 202 valence electrons. The van der Waals surface area contributed by atoms with E-state index in [1.54, 1.807) is 26.8 Å². The fourth-order valence-corrected chi connectivity index (χ4v) is 4.27. The fraction of sp³-hybridized carbons (Fsp3) is 0.462. The molecule has 2 aromatic rings. The van der Waals surface area contributed by atoms with Crippen molar-refractivity contribution < 1.29 is 40.7 Å². The van der Waals surface area contributed by atoms with Gasteiger partial charge in [0.05, 0.1) is 11.1 Å². The summed E-state index contributed by atoms with van der Waals surface area (Å²) in [6.07, 6.45) is -10.5. The van der Waals surface area contributed by atoms with Crippen LogP contribution >= 0.6 is 0 Å². The zero-order valence-electron chi connectivity index (χ0n) is 20.8. The third kappa shape index (κ3) is 7.17. The molecule has 1 fully saturated rings. The average Bonchev–Trinajstić information content (AvgIpc) is 2.77. The second kappa shape index (κ2) is 10.3. The minimum Gasteiger partial charge on any atom is -0.444 e. The van der Waals surface area contributed by atoms with Crippen molar-refractivity contribution in [3.05, 3.63) is 70.3 Å². The maximum Gasteiger partial charge on any atom is 0.416 e. The van der Waals surface area contributed by atoms with E-state index < -0.39 is 58.6 Å². The van der Waals surface area contributed by atoms with Crippen LogP contribution in [-0.4, -0.2) is 41.6 Å². The third-order valence-corrected chi connectivity index (χ3v) is 6.02. The highest BCUT2D eigenvalue weighted by molar-refractivity contribution is 5.95. The smallest absolute Gasteiger partial charge is 0.416 e. The van der Waals surface area contributed by atoms with E-state index in [1.165, 1.54) is 4.90 Å². The molecule has 2 amide bonds. The minimum atomic E-state index is -5.07. The van der Waals surface area contributed by atoms with Gasteiger partial charge in [0.15, 0.2) is 0 Å². The summed E-state index contributed by atoms with van der Waals surface area (Å²) in [7, 11) is 0. The lowest BCUT2D eigenvalue weighted by atomic mass is 9.83. The predicted octanol–water partition coefficient (Wildman–Crippen LogP) is 6.56. The van der Waals surface area contributed by atoms with Crippen LogP contribution in [0.25, 0.3) is 0 Å². The molecule has 0 aromatic heterocycles. The Kier molecular flexibility index (Phi) is 7.85. The quantitative estimate of drug-likeness (QED) is 0.458. The van der Waals surface area contributed by atoms with Gasteiger partial charge < -0.3 is 15.0 Å². The number of piperidine rings is 1. The summed E-state index contributed by atoms with van der Waals surface area (Å²) in [5.41, 5.74) is -2.97. The lowest BCUT2D eigenvalue weighted by molar-refractivity contribution is -0.143. The first kappa shape index (κ1) is 28.3. The molecule has 1 aliphatic heterocycles. The number of nitrogens with zero attached hydrogens (tertiary/aromatic N) is 1. The van der Waals surface area contributed by atoms with Crippen LogP contribution in [0.4, 0.5) is 31.1 Å². The molecule has 1 heterocycles. The number of amides is 2. The van der Waals surface area contributed by atoms with Gasteiger partial charge in [0.1, 0.15) is 5.60 Å². The topological polar surface area (TPSA) is 58.6 Å². The van der Waals surface area contributed by atoms with Gasteiger partial charge in [-0.3, -0.25) is 4.79 Å². The van der Waals surface area contributed by atoms with Gasteiger partial charge in [0.2, 0.25) is 0 Å². The predicted molar refractivity (Wildman–Crippen MR) is 124 cm³/mol. The standard InChI is InChI=1S/C26H28F6N2O3/c1-15-7-5-6-8-19(15)20-14-34(23(36)37-24(2,3)4)10-9-21(20)33-22(35)16-11-17(25(27,28)29)13-18(12-16)26(30,31)32/h5-8,11-13,20-21H,9-10,14H2,1-4H3,(H,33,35)/t20-,21+/m0/s1. The Balaban J connectivity index is 1.93. The van der Waals surface area contributed by atoms with Crippen LogP contribution in [0.1, 0.15) is 65.7 Å². The van der Waals surface area contributed by atoms with E-state index in [-0.39, 0.29) is 25.6 Å². The molecule has 1 N–H and O–H groups in total. The minimum absolute atomic E-state index is 0.0216. The molecule has 2 atom stereocenters. The summed E-state index contributed by atoms with van der Waals surface area (Å²) in [4.78, 5) is 27.2. The molecule has 3 rings (SSSR count). The first-order valence-corrected chi connectivity index (χ1v) is 11.6. The Morgan fingerprint density at radius 2 is 1.51 bits per heavy atom. The van der Waals surface area contributed by atoms with Crippen LogP contribution in [0.3, 0.4) is 0 Å². The lowest BCUT2D eigenvalue weighted by Gasteiger charge is -2.40. The van der Waals surface area contributed by atoms with Crippen LogP contribution in [0.2, 0.25) is 0 Å². The second-order valence-electron chi connectivity index (χ2n) is 10.1. The van der Waals surface area contributed by atoms with Gasteiger partial charge >= 0.3 is 18.4 Å². The number of benzene rings is 2. The summed E-state index contributed by atoms with van der Waals surface area (Å²) in [5, 5.41) is 2.62. The zero-order chi connectivity index (χ0) is 27.8. The second-order valence-corrected chi connectivity index (χ2v) is 10.1. The molecule has 0 spiro atoms. The Morgan fingerprint density at radius 3 is 2.03 bits per heavy atom. The van der Waals surface area contributed by atoms with E-state index in [4.69, 9.17) is 4.74 Å². The van der Waals surface area contributed by atoms with E-state index in [0.29, 0.717) is 12.1 Å². The fourth-order valence-electron chi connectivity index (χ4n) is 4.27. The number of likely N-dealkylation sites (tertiary alicyclic amines) is 1. The van der Waals surface area contributed by atoms with Crippen molar-refractivity contribution in [2.45, 2.75) is 64.0 Å². The van der Waals surface area contributed by atoms with Gasteiger partial charge in [-0.1, -0.05) is 24.3 Å². The molecule has 0 radical (unpaired) electrons. The Labute approximate surface area is 210 Å². The summed E-state index contributed by atoms with van der Waals surface area (Å²) < 4.78 is 85.1. The molecule has 0 saturated carbocycles. The van der Waals surface area contributed by atoms with Gasteiger partial charge in [-0.25, -0.2) is 4.79 Å². The molecule has 1 saturated heterocycles. The van der Waals surface area contributed by atoms with Crippen LogP contribution in [0.5, 0.6) is 0 Å². The van der Waals surface area contributed by atoms with Crippen molar-refractivity contribution in [2.75, 3.05) is 13.1 Å². The van der Waals surface area contributed by atoms with Gasteiger partial charge in [-0.05, 0) is 63.4 Å². The highest BCUT2D eigenvalue weighted by atomic mass is 19.4. The maximum absolute atomic E-state index is 13.3. The summed E-state index contributed by atoms with van der Waals surface area (Å²) >= 11 is 0. The molecular formula is C26H28F6N2O3. The first-order chi connectivity index (χ1) is 17.0. The van der Waals surface area contributed by atoms with Crippen molar-refractivity contribution in [3.8, 4) is 0 Å². The SMILES string of the molecule is Cc1ccccc1[C@@H]1CN(C(=O)OC(C)(C)C)CC[C@H]1NC(=O)c1cc(C(F)(F)F)cc(C(F)(F)F)c1. The third-order valence-electron chi connectivity index (χ3n) is 6.02. The Morgan fingerprint density at radius 1 is 0.946 bits per heavy atom. The van der Waals surface area contributed by atoms with E-state index in [2.05, 4.69) is 5.32 Å². The molecule has 5 nitrogen and oxygen atoms in total. The zero-order valence-corrected chi connectivity index (χ0v) is 20.8. The van der Waals surface area contributed by atoms with E-state index >= 15 is 0 Å². The Hall–Kier alpha value is -3.24. The number of hydrogen-bond acceptors (Lipinski definition) is 3. The van der Waals surface area contributed by atoms with E-state index in [1.807, 2.05) is 25.1 Å².